The molecule has 4 rings (SSSR count). The smallest absolute Gasteiger partial charge is 0.335 e. The lowest BCUT2D eigenvalue weighted by molar-refractivity contribution is -0.277. The normalized spacial score (nSPS) is 31.8. The number of rotatable bonds is 6. The second-order valence-electron chi connectivity index (χ2n) is 8.22. The highest BCUT2D eigenvalue weighted by Crippen LogP contribution is 2.40. The van der Waals surface area contributed by atoms with Crippen LogP contribution < -0.4 is 4.74 Å². The molecule has 0 unspecified atom stereocenters. The number of aromatic hydroxyl groups is 1. The number of hydrogen-bond acceptors (Lipinski definition) is 10. The Morgan fingerprint density at radius 3 is 2.23 bits per heavy atom. The topological polar surface area (TPSA) is 183 Å². The van der Waals surface area contributed by atoms with Gasteiger partial charge in [-0.15, -0.1) is 0 Å². The van der Waals surface area contributed by atoms with Crippen LogP contribution in [0.4, 0.5) is 0 Å². The van der Waals surface area contributed by atoms with Crippen molar-refractivity contribution in [1.82, 2.24) is 0 Å². The predicted molar refractivity (Wildman–Crippen MR) is 117 cm³/mol. The van der Waals surface area contributed by atoms with Gasteiger partial charge in [0.2, 0.25) is 6.29 Å². The van der Waals surface area contributed by atoms with E-state index in [-0.39, 0.29) is 17.1 Å². The molecule has 6 N–H and O–H groups in total. The lowest BCUT2D eigenvalue weighted by Crippen LogP contribution is -2.60. The number of esters is 1. The van der Waals surface area contributed by atoms with Gasteiger partial charge in [-0.1, -0.05) is 24.3 Å². The van der Waals surface area contributed by atoms with Crippen LogP contribution >= 0.6 is 0 Å². The average Bonchev–Trinajstić information content (AvgIpc) is 3.17. The van der Waals surface area contributed by atoms with E-state index in [9.17, 15) is 40.2 Å². The molecule has 2 aliphatic heterocycles. The number of carboxylic acid groups (broad SMARTS) is 1. The first-order valence-corrected chi connectivity index (χ1v) is 10.7. The second kappa shape index (κ2) is 10.0. The SMILES string of the molecule is O=C1O[C@@H](c2ccc(O[C@@H]3O[C@@H](CO)[C@@H](O)[C@H](O)[C@@H]3O)cc2)[C@@H](C(=O)O)C1=Cc1ccc(O)cc1. The number of cyclic esters (lactones) is 1. The molecule has 0 aromatic heterocycles. The summed E-state index contributed by atoms with van der Waals surface area (Å²) in [6, 6.07) is 11.7. The zero-order valence-corrected chi connectivity index (χ0v) is 18.2. The molecule has 2 heterocycles. The highest BCUT2D eigenvalue weighted by atomic mass is 16.7. The first-order chi connectivity index (χ1) is 16.7. The summed E-state index contributed by atoms with van der Waals surface area (Å²) in [5, 5.41) is 58.4. The van der Waals surface area contributed by atoms with Crippen LogP contribution in [0.25, 0.3) is 6.08 Å². The van der Waals surface area contributed by atoms with Gasteiger partial charge in [0.05, 0.1) is 12.2 Å². The minimum Gasteiger partial charge on any atom is -0.508 e. The number of aliphatic hydroxyl groups is 4. The number of benzene rings is 2. The average molecular weight is 488 g/mol. The largest absolute Gasteiger partial charge is 0.508 e. The fourth-order valence-electron chi connectivity index (χ4n) is 4.00. The summed E-state index contributed by atoms with van der Waals surface area (Å²) in [5.41, 5.74) is 0.848. The van der Waals surface area contributed by atoms with Crippen molar-refractivity contribution in [3.63, 3.8) is 0 Å². The van der Waals surface area contributed by atoms with E-state index in [1.807, 2.05) is 0 Å². The Labute approximate surface area is 199 Å². The molecule has 11 nitrogen and oxygen atoms in total. The number of aliphatic carboxylic acids is 1. The van der Waals surface area contributed by atoms with Crippen molar-refractivity contribution >= 4 is 18.0 Å². The van der Waals surface area contributed by atoms with Crippen LogP contribution in [0.2, 0.25) is 0 Å². The number of phenolic OH excluding ortho intramolecular Hbond substituents is 1. The molecule has 186 valence electrons. The van der Waals surface area contributed by atoms with Crippen molar-refractivity contribution in [2.24, 2.45) is 5.92 Å². The molecule has 0 aliphatic carbocycles. The summed E-state index contributed by atoms with van der Waals surface area (Å²) >= 11 is 0. The van der Waals surface area contributed by atoms with E-state index in [1.54, 1.807) is 0 Å². The van der Waals surface area contributed by atoms with Crippen LogP contribution in [0.3, 0.4) is 0 Å². The van der Waals surface area contributed by atoms with Crippen LogP contribution in [0.15, 0.2) is 54.1 Å². The number of carboxylic acids is 1. The number of phenols is 1. The van der Waals surface area contributed by atoms with Gasteiger partial charge < -0.3 is 44.8 Å². The maximum atomic E-state index is 12.5. The minimum absolute atomic E-state index is 0.0276. The molecule has 0 saturated carbocycles. The third-order valence-electron chi connectivity index (χ3n) is 5.90. The zero-order chi connectivity index (χ0) is 25.3. The van der Waals surface area contributed by atoms with Crippen molar-refractivity contribution in [1.29, 1.82) is 0 Å². The number of hydrogen-bond donors (Lipinski definition) is 6. The molecule has 0 radical (unpaired) electrons. The van der Waals surface area contributed by atoms with Gasteiger partial charge in [-0.05, 0) is 41.5 Å². The van der Waals surface area contributed by atoms with Gasteiger partial charge in [-0.2, -0.15) is 0 Å². The van der Waals surface area contributed by atoms with E-state index >= 15 is 0 Å². The molecule has 2 saturated heterocycles. The van der Waals surface area contributed by atoms with Crippen LogP contribution in [0.1, 0.15) is 17.2 Å². The second-order valence-corrected chi connectivity index (χ2v) is 8.22. The first kappa shape index (κ1) is 24.6. The van der Waals surface area contributed by atoms with E-state index in [4.69, 9.17) is 14.2 Å². The van der Waals surface area contributed by atoms with Crippen molar-refractivity contribution in [3.05, 3.63) is 65.2 Å². The van der Waals surface area contributed by atoms with Crippen LogP contribution in [-0.4, -0.2) is 79.9 Å². The highest BCUT2D eigenvalue weighted by molar-refractivity contribution is 6.02. The zero-order valence-electron chi connectivity index (χ0n) is 18.2. The number of aliphatic hydroxyl groups excluding tert-OH is 4. The standard InChI is InChI=1S/C24H24O11/c25-10-16-18(27)19(28)20(29)24(34-16)33-14-7-3-12(4-8-14)21-17(22(30)31)15(23(32)35-21)9-11-1-5-13(26)6-2-11/h1-9,16-21,24-29H,10H2,(H,30,31)/t16-,17-,18+,19-,20-,21-,24+/m0/s1. The van der Waals surface area contributed by atoms with E-state index < -0.39 is 61.3 Å². The molecule has 7 atom stereocenters. The molecular formula is C24H24O11. The van der Waals surface area contributed by atoms with Gasteiger partial charge in [-0.3, -0.25) is 4.79 Å². The molecule has 2 aromatic carbocycles. The van der Waals surface area contributed by atoms with Crippen LogP contribution in [0, 0.1) is 5.92 Å². The Kier molecular flexibility index (Phi) is 7.05. The van der Waals surface area contributed by atoms with Gasteiger partial charge in [0.15, 0.2) is 0 Å². The number of ether oxygens (including phenoxy) is 3. The Balaban J connectivity index is 1.53. The van der Waals surface area contributed by atoms with E-state index in [2.05, 4.69) is 0 Å². The third-order valence-corrected chi connectivity index (χ3v) is 5.90. The summed E-state index contributed by atoms with van der Waals surface area (Å²) in [5.74, 6) is -3.12. The molecule has 11 heteroatoms. The number of carbonyl (C=O) groups excluding carboxylic acids is 1. The fraction of sp³-hybridized carbons (Fsp3) is 0.333. The Hall–Kier alpha value is -3.48. The Morgan fingerprint density at radius 1 is 0.971 bits per heavy atom. The van der Waals surface area contributed by atoms with Gasteiger partial charge >= 0.3 is 11.9 Å². The highest BCUT2D eigenvalue weighted by Gasteiger charge is 2.46. The molecule has 35 heavy (non-hydrogen) atoms. The van der Waals surface area contributed by atoms with E-state index in [1.165, 1.54) is 54.6 Å². The molecule has 0 amide bonds. The molecular weight excluding hydrogens is 464 g/mol. The molecule has 2 fully saturated rings. The molecule has 0 bridgehead atoms. The first-order valence-electron chi connectivity index (χ1n) is 10.7. The fourth-order valence-corrected chi connectivity index (χ4v) is 4.00. The van der Waals surface area contributed by atoms with Crippen molar-refractivity contribution in [2.45, 2.75) is 36.8 Å². The lowest BCUT2D eigenvalue weighted by atomic mass is 9.90. The van der Waals surface area contributed by atoms with Crippen molar-refractivity contribution in [3.8, 4) is 11.5 Å². The van der Waals surface area contributed by atoms with Crippen molar-refractivity contribution in [2.75, 3.05) is 6.61 Å². The summed E-state index contributed by atoms with van der Waals surface area (Å²) in [6.45, 7) is -0.604. The Bertz CT molecular complexity index is 1090. The summed E-state index contributed by atoms with van der Waals surface area (Å²) in [4.78, 5) is 24.5. The summed E-state index contributed by atoms with van der Waals surface area (Å²) in [6.07, 6.45) is -6.93. The number of carbonyl (C=O) groups is 2. The van der Waals surface area contributed by atoms with Gasteiger partial charge in [0, 0.05) is 0 Å². The quantitative estimate of drug-likeness (QED) is 0.237. The molecule has 2 aliphatic rings. The summed E-state index contributed by atoms with van der Waals surface area (Å²) < 4.78 is 16.2. The maximum Gasteiger partial charge on any atom is 0.335 e. The Morgan fingerprint density at radius 2 is 1.63 bits per heavy atom. The maximum absolute atomic E-state index is 12.5. The molecule has 0 spiro atoms. The van der Waals surface area contributed by atoms with Crippen molar-refractivity contribution < 1.29 is 54.4 Å². The van der Waals surface area contributed by atoms with E-state index in [0.717, 1.165) is 0 Å². The van der Waals surface area contributed by atoms with Crippen LogP contribution in [0.5, 0.6) is 11.5 Å². The third kappa shape index (κ3) is 4.99. The minimum atomic E-state index is -1.60. The van der Waals surface area contributed by atoms with E-state index in [0.29, 0.717) is 11.1 Å². The van der Waals surface area contributed by atoms with Crippen LogP contribution in [-0.2, 0) is 19.1 Å². The predicted octanol–water partition coefficient (Wildman–Crippen LogP) is -0.0468. The molecule has 2 aromatic rings. The van der Waals surface area contributed by atoms with Gasteiger partial charge in [-0.25, -0.2) is 4.79 Å². The van der Waals surface area contributed by atoms with Gasteiger partial charge in [0.1, 0.15) is 47.9 Å². The van der Waals surface area contributed by atoms with Gasteiger partial charge in [0.25, 0.3) is 0 Å². The monoisotopic (exact) mass is 488 g/mol. The summed E-state index contributed by atoms with van der Waals surface area (Å²) in [7, 11) is 0. The lowest BCUT2D eigenvalue weighted by Gasteiger charge is -2.39.